The van der Waals surface area contributed by atoms with Crippen LogP contribution in [0.3, 0.4) is 0 Å². The predicted molar refractivity (Wildman–Crippen MR) is 108 cm³/mol. The first-order valence-corrected chi connectivity index (χ1v) is 11.4. The lowest BCUT2D eigenvalue weighted by Crippen LogP contribution is -2.27. The van der Waals surface area contributed by atoms with Crippen LogP contribution in [-0.2, 0) is 20.4 Å². The molecule has 0 heterocycles. The molecule has 0 bridgehead atoms. The van der Waals surface area contributed by atoms with E-state index in [1.807, 2.05) is 6.92 Å². The molecular weight excluding hydrogens is 366 g/mol. The highest BCUT2D eigenvalue weighted by atomic mass is 32.2. The van der Waals surface area contributed by atoms with E-state index in [0.29, 0.717) is 6.54 Å². The SMILES string of the molecule is Cc1ccc(CSCCNC(=O)CCS(=O)(=O)c2ccc(C)cc2)cc1. The number of rotatable bonds is 9. The number of carbonyl (C=O) groups excluding carboxylic acids is 1. The van der Waals surface area contributed by atoms with Crippen molar-refractivity contribution >= 4 is 27.5 Å². The van der Waals surface area contributed by atoms with E-state index in [-0.39, 0.29) is 23.0 Å². The molecule has 2 aromatic carbocycles. The first-order chi connectivity index (χ1) is 12.4. The number of nitrogens with one attached hydrogen (secondary N) is 1. The molecule has 0 aromatic heterocycles. The smallest absolute Gasteiger partial charge is 0.221 e. The number of amides is 1. The number of benzene rings is 2. The molecule has 0 radical (unpaired) electrons. The van der Waals surface area contributed by atoms with Gasteiger partial charge in [0.05, 0.1) is 10.6 Å². The molecule has 0 atom stereocenters. The fourth-order valence-electron chi connectivity index (χ4n) is 2.32. The molecule has 0 aliphatic rings. The molecule has 0 saturated heterocycles. The van der Waals surface area contributed by atoms with Crippen molar-refractivity contribution in [2.75, 3.05) is 18.1 Å². The zero-order valence-corrected chi connectivity index (χ0v) is 16.8. The van der Waals surface area contributed by atoms with Crippen molar-refractivity contribution in [1.29, 1.82) is 0 Å². The summed E-state index contributed by atoms with van der Waals surface area (Å²) in [5, 5.41) is 2.79. The Morgan fingerprint density at radius 2 is 1.54 bits per heavy atom. The zero-order valence-electron chi connectivity index (χ0n) is 15.2. The third-order valence-corrected chi connectivity index (χ3v) is 6.70. The summed E-state index contributed by atoms with van der Waals surface area (Å²) in [6.07, 6.45) is -0.0150. The van der Waals surface area contributed by atoms with Gasteiger partial charge in [-0.3, -0.25) is 4.79 Å². The lowest BCUT2D eigenvalue weighted by molar-refractivity contribution is -0.120. The molecule has 0 fully saturated rings. The van der Waals surface area contributed by atoms with Gasteiger partial charge in [0.1, 0.15) is 0 Å². The average Bonchev–Trinajstić information content (AvgIpc) is 2.62. The average molecular weight is 392 g/mol. The van der Waals surface area contributed by atoms with Crippen LogP contribution in [0.25, 0.3) is 0 Å². The first kappa shape index (κ1) is 20.5. The Kier molecular flexibility index (Phi) is 7.72. The van der Waals surface area contributed by atoms with Crippen LogP contribution in [0.2, 0.25) is 0 Å². The molecule has 0 aliphatic carbocycles. The van der Waals surface area contributed by atoms with Crippen LogP contribution < -0.4 is 5.32 Å². The van der Waals surface area contributed by atoms with Crippen molar-refractivity contribution in [3.63, 3.8) is 0 Å². The molecule has 0 spiro atoms. The maximum Gasteiger partial charge on any atom is 0.221 e. The number of hydrogen-bond donors (Lipinski definition) is 1. The summed E-state index contributed by atoms with van der Waals surface area (Å²) >= 11 is 1.74. The van der Waals surface area contributed by atoms with Crippen molar-refractivity contribution in [2.24, 2.45) is 0 Å². The van der Waals surface area contributed by atoms with E-state index >= 15 is 0 Å². The summed E-state index contributed by atoms with van der Waals surface area (Å²) in [7, 11) is -3.41. The van der Waals surface area contributed by atoms with E-state index < -0.39 is 9.84 Å². The van der Waals surface area contributed by atoms with Crippen molar-refractivity contribution in [2.45, 2.75) is 30.9 Å². The topological polar surface area (TPSA) is 63.2 Å². The fraction of sp³-hybridized carbons (Fsp3) is 0.350. The summed E-state index contributed by atoms with van der Waals surface area (Å²) < 4.78 is 24.4. The van der Waals surface area contributed by atoms with Crippen molar-refractivity contribution < 1.29 is 13.2 Å². The first-order valence-electron chi connectivity index (χ1n) is 8.56. The van der Waals surface area contributed by atoms with E-state index in [1.54, 1.807) is 36.0 Å². The largest absolute Gasteiger partial charge is 0.355 e. The third-order valence-electron chi connectivity index (χ3n) is 3.94. The number of hydrogen-bond acceptors (Lipinski definition) is 4. The second-order valence-corrected chi connectivity index (χ2v) is 9.48. The highest BCUT2D eigenvalue weighted by molar-refractivity contribution is 7.98. The summed E-state index contributed by atoms with van der Waals surface area (Å²) in [6.45, 7) is 4.51. The summed E-state index contributed by atoms with van der Waals surface area (Å²) in [5.74, 6) is 1.30. The van der Waals surface area contributed by atoms with Gasteiger partial charge in [0.15, 0.2) is 9.84 Å². The van der Waals surface area contributed by atoms with Gasteiger partial charge in [-0.2, -0.15) is 11.8 Å². The van der Waals surface area contributed by atoms with Crippen LogP contribution >= 0.6 is 11.8 Å². The van der Waals surface area contributed by atoms with Crippen LogP contribution in [0, 0.1) is 13.8 Å². The van der Waals surface area contributed by atoms with E-state index in [2.05, 4.69) is 36.5 Å². The van der Waals surface area contributed by atoms with Gasteiger partial charge in [-0.1, -0.05) is 47.5 Å². The highest BCUT2D eigenvalue weighted by Crippen LogP contribution is 2.14. The molecule has 2 aromatic rings. The van der Waals surface area contributed by atoms with Crippen LogP contribution in [-0.4, -0.2) is 32.4 Å². The number of thioether (sulfide) groups is 1. The van der Waals surface area contributed by atoms with Crippen molar-refractivity contribution in [3.8, 4) is 0 Å². The Labute approximate surface area is 160 Å². The molecule has 6 heteroatoms. The molecule has 140 valence electrons. The lowest BCUT2D eigenvalue weighted by atomic mass is 10.2. The van der Waals surface area contributed by atoms with E-state index in [9.17, 15) is 13.2 Å². The molecule has 0 unspecified atom stereocenters. The third kappa shape index (κ3) is 6.84. The fourth-order valence-corrected chi connectivity index (χ4v) is 4.38. The Hall–Kier alpha value is -1.79. The molecule has 4 nitrogen and oxygen atoms in total. The van der Waals surface area contributed by atoms with Crippen LogP contribution in [0.5, 0.6) is 0 Å². The number of carbonyl (C=O) groups is 1. The Morgan fingerprint density at radius 1 is 0.962 bits per heavy atom. The van der Waals surface area contributed by atoms with Crippen molar-refractivity contribution in [1.82, 2.24) is 5.32 Å². The maximum absolute atomic E-state index is 12.2. The van der Waals surface area contributed by atoms with Crippen LogP contribution in [0.4, 0.5) is 0 Å². The molecule has 0 saturated carbocycles. The normalized spacial score (nSPS) is 11.3. The minimum absolute atomic E-state index is 0.0150. The molecule has 26 heavy (non-hydrogen) atoms. The minimum Gasteiger partial charge on any atom is -0.355 e. The van der Waals surface area contributed by atoms with Gasteiger partial charge >= 0.3 is 0 Å². The minimum atomic E-state index is -3.41. The predicted octanol–water partition coefficient (Wildman–Crippen LogP) is 3.52. The second kappa shape index (κ2) is 9.78. The van der Waals surface area contributed by atoms with E-state index in [4.69, 9.17) is 0 Å². The van der Waals surface area contributed by atoms with Gasteiger partial charge in [0.2, 0.25) is 5.91 Å². The van der Waals surface area contributed by atoms with Gasteiger partial charge in [-0.05, 0) is 31.5 Å². The molecule has 2 rings (SSSR count). The van der Waals surface area contributed by atoms with Crippen LogP contribution in [0.1, 0.15) is 23.1 Å². The van der Waals surface area contributed by atoms with E-state index in [0.717, 1.165) is 17.1 Å². The summed E-state index contributed by atoms with van der Waals surface area (Å²) in [4.78, 5) is 12.1. The molecular formula is C20H25NO3S2. The maximum atomic E-state index is 12.2. The zero-order chi connectivity index (χ0) is 19.0. The standard InChI is InChI=1S/C20H25NO3S2/c1-16-3-7-18(8-4-16)15-25-13-12-21-20(22)11-14-26(23,24)19-9-5-17(2)6-10-19/h3-10H,11-15H2,1-2H3,(H,21,22). The van der Waals surface area contributed by atoms with Gasteiger partial charge in [0.25, 0.3) is 0 Å². The summed E-state index contributed by atoms with van der Waals surface area (Å²) in [6, 6.07) is 15.1. The van der Waals surface area contributed by atoms with Crippen LogP contribution in [0.15, 0.2) is 53.4 Å². The van der Waals surface area contributed by atoms with Gasteiger partial charge < -0.3 is 5.32 Å². The molecule has 1 amide bonds. The lowest BCUT2D eigenvalue weighted by Gasteiger charge is -2.07. The molecule has 0 aliphatic heterocycles. The number of sulfone groups is 1. The number of aryl methyl sites for hydroxylation is 2. The molecule has 1 N–H and O–H groups in total. The highest BCUT2D eigenvalue weighted by Gasteiger charge is 2.16. The Balaban J connectivity index is 1.65. The summed E-state index contributed by atoms with van der Waals surface area (Å²) in [5.41, 5.74) is 3.51. The quantitative estimate of drug-likeness (QED) is 0.665. The Bertz CT molecular complexity index is 813. The Morgan fingerprint density at radius 3 is 2.15 bits per heavy atom. The van der Waals surface area contributed by atoms with E-state index in [1.165, 1.54) is 11.1 Å². The monoisotopic (exact) mass is 391 g/mol. The van der Waals surface area contributed by atoms with Gasteiger partial charge in [0, 0.05) is 24.5 Å². The van der Waals surface area contributed by atoms with Gasteiger partial charge in [-0.25, -0.2) is 8.42 Å². The van der Waals surface area contributed by atoms with Gasteiger partial charge in [-0.15, -0.1) is 0 Å². The second-order valence-electron chi connectivity index (χ2n) is 6.27. The van der Waals surface area contributed by atoms with Crippen molar-refractivity contribution in [3.05, 3.63) is 65.2 Å².